The van der Waals surface area contributed by atoms with Gasteiger partial charge in [0.25, 0.3) is 0 Å². The number of aromatic nitrogens is 4. The molecule has 1 aliphatic heterocycles. The third-order valence-corrected chi connectivity index (χ3v) is 7.59. The van der Waals surface area contributed by atoms with Crippen LogP contribution in [0, 0.1) is 6.92 Å². The van der Waals surface area contributed by atoms with Crippen LogP contribution in [0.25, 0.3) is 11.0 Å². The van der Waals surface area contributed by atoms with Crippen molar-refractivity contribution in [3.8, 4) is 0 Å². The molecule has 1 amide bonds. The second-order valence-electron chi connectivity index (χ2n) is 8.19. The summed E-state index contributed by atoms with van der Waals surface area (Å²) >= 11 is 0. The van der Waals surface area contributed by atoms with Gasteiger partial charge < -0.3 is 14.6 Å². The molecule has 0 unspecified atom stereocenters. The summed E-state index contributed by atoms with van der Waals surface area (Å²) in [5.41, 5.74) is 2.33. The van der Waals surface area contributed by atoms with Crippen molar-refractivity contribution in [2.75, 3.05) is 31.6 Å². The molecule has 0 atom stereocenters. The van der Waals surface area contributed by atoms with Gasteiger partial charge >= 0.3 is 0 Å². The molecule has 33 heavy (non-hydrogen) atoms. The molecule has 0 spiro atoms. The lowest BCUT2D eigenvalue weighted by molar-refractivity contribution is -0.116. The molecule has 178 valence electrons. The highest BCUT2D eigenvalue weighted by Crippen LogP contribution is 2.24. The standard InChI is InChI=1S/C22H30N6O4S/c1-4-9-28-19-6-5-17(33(30,31)27-10-12-32-13-11-27)15-18(19)23-20(28)7-8-22(29)24-21-14-16(2)25-26(21)3/h5-6,14-15H,4,7-13H2,1-3H3,(H,24,29). The van der Waals surface area contributed by atoms with Gasteiger partial charge in [-0.1, -0.05) is 6.92 Å². The second kappa shape index (κ2) is 9.62. The summed E-state index contributed by atoms with van der Waals surface area (Å²) in [7, 11) is -1.82. The van der Waals surface area contributed by atoms with Gasteiger partial charge in [-0.3, -0.25) is 9.48 Å². The van der Waals surface area contributed by atoms with Gasteiger partial charge in [0.1, 0.15) is 11.6 Å². The molecule has 3 aromatic rings. The normalized spacial score (nSPS) is 15.2. The van der Waals surface area contributed by atoms with E-state index in [1.807, 2.05) is 19.1 Å². The van der Waals surface area contributed by atoms with Gasteiger partial charge in [-0.05, 0) is 31.5 Å². The maximum Gasteiger partial charge on any atom is 0.243 e. The topological polar surface area (TPSA) is 111 Å². The van der Waals surface area contributed by atoms with Gasteiger partial charge in [-0.2, -0.15) is 9.40 Å². The van der Waals surface area contributed by atoms with E-state index in [2.05, 4.69) is 21.9 Å². The molecular weight excluding hydrogens is 444 g/mol. The molecule has 1 saturated heterocycles. The zero-order valence-electron chi connectivity index (χ0n) is 19.2. The van der Waals surface area contributed by atoms with Gasteiger partial charge in [0.05, 0.1) is 34.8 Å². The number of sulfonamides is 1. The Kier molecular flexibility index (Phi) is 6.82. The number of hydrogen-bond acceptors (Lipinski definition) is 6. The zero-order chi connectivity index (χ0) is 23.6. The number of aryl methyl sites for hydroxylation is 4. The molecule has 2 aromatic heterocycles. The van der Waals surface area contributed by atoms with Crippen molar-refractivity contribution in [1.29, 1.82) is 0 Å². The Bertz CT molecular complexity index is 1260. The number of benzene rings is 1. The van der Waals surface area contributed by atoms with Crippen molar-refractivity contribution in [3.63, 3.8) is 0 Å². The van der Waals surface area contributed by atoms with E-state index in [0.717, 1.165) is 30.0 Å². The highest BCUT2D eigenvalue weighted by Gasteiger charge is 2.27. The van der Waals surface area contributed by atoms with E-state index in [0.29, 0.717) is 44.1 Å². The fourth-order valence-electron chi connectivity index (χ4n) is 4.08. The minimum absolute atomic E-state index is 0.122. The molecule has 3 heterocycles. The maximum absolute atomic E-state index is 13.0. The van der Waals surface area contributed by atoms with Gasteiger partial charge in [0.15, 0.2) is 0 Å². The van der Waals surface area contributed by atoms with Crippen LogP contribution in [0.3, 0.4) is 0 Å². The average molecular weight is 475 g/mol. The monoisotopic (exact) mass is 474 g/mol. The number of morpholine rings is 1. The predicted octanol–water partition coefficient (Wildman–Crippen LogP) is 2.08. The van der Waals surface area contributed by atoms with E-state index in [1.165, 1.54) is 4.31 Å². The Morgan fingerprint density at radius 1 is 1.21 bits per heavy atom. The Labute approximate surface area is 193 Å². The fraction of sp³-hybridized carbons (Fsp3) is 0.500. The molecule has 1 fully saturated rings. The van der Waals surface area contributed by atoms with Gasteiger partial charge in [-0.25, -0.2) is 13.4 Å². The van der Waals surface area contributed by atoms with E-state index in [9.17, 15) is 13.2 Å². The molecule has 10 nitrogen and oxygen atoms in total. The largest absolute Gasteiger partial charge is 0.379 e. The van der Waals surface area contributed by atoms with Crippen LogP contribution in [0.5, 0.6) is 0 Å². The molecule has 11 heteroatoms. The Morgan fingerprint density at radius 3 is 2.64 bits per heavy atom. The van der Waals surface area contributed by atoms with Crippen LogP contribution in [0.1, 0.15) is 31.3 Å². The van der Waals surface area contributed by atoms with Gasteiger partial charge in [0.2, 0.25) is 15.9 Å². The van der Waals surface area contributed by atoms with E-state index in [-0.39, 0.29) is 17.2 Å². The van der Waals surface area contributed by atoms with Crippen molar-refractivity contribution < 1.29 is 17.9 Å². The number of carbonyl (C=O) groups is 1. The number of nitrogens with zero attached hydrogens (tertiary/aromatic N) is 5. The number of fused-ring (bicyclic) bond motifs is 1. The van der Waals surface area contributed by atoms with Crippen molar-refractivity contribution in [1.82, 2.24) is 23.6 Å². The Hall–Kier alpha value is -2.76. The number of imidazole rings is 1. The predicted molar refractivity (Wildman–Crippen MR) is 124 cm³/mol. The van der Waals surface area contributed by atoms with Crippen molar-refractivity contribution in [2.24, 2.45) is 7.05 Å². The lowest BCUT2D eigenvalue weighted by Gasteiger charge is -2.26. The summed E-state index contributed by atoms with van der Waals surface area (Å²) in [4.78, 5) is 17.4. The average Bonchev–Trinajstić information content (AvgIpc) is 3.31. The SMILES string of the molecule is CCCn1c(CCC(=O)Nc2cc(C)nn2C)nc2cc(S(=O)(=O)N3CCOCC3)ccc21. The number of amides is 1. The summed E-state index contributed by atoms with van der Waals surface area (Å²) in [6, 6.07) is 6.91. The number of carbonyl (C=O) groups excluding carboxylic acids is 1. The first-order valence-electron chi connectivity index (χ1n) is 11.2. The van der Waals surface area contributed by atoms with E-state index in [1.54, 1.807) is 23.9 Å². The molecule has 0 saturated carbocycles. The smallest absolute Gasteiger partial charge is 0.243 e. The van der Waals surface area contributed by atoms with Gasteiger partial charge in [0, 0.05) is 45.6 Å². The van der Waals surface area contributed by atoms with Crippen molar-refractivity contribution in [2.45, 2.75) is 44.6 Å². The van der Waals surface area contributed by atoms with Crippen LogP contribution in [-0.2, 0) is 39.6 Å². The zero-order valence-corrected chi connectivity index (χ0v) is 20.1. The maximum atomic E-state index is 13.0. The molecule has 1 aromatic carbocycles. The van der Waals surface area contributed by atoms with Crippen LogP contribution in [0.2, 0.25) is 0 Å². The number of ether oxygens (including phenoxy) is 1. The summed E-state index contributed by atoms with van der Waals surface area (Å²) in [6.07, 6.45) is 1.60. The summed E-state index contributed by atoms with van der Waals surface area (Å²) in [5.74, 6) is 1.30. The fourth-order valence-corrected chi connectivity index (χ4v) is 5.51. The first-order chi connectivity index (χ1) is 15.8. The number of anilines is 1. The summed E-state index contributed by atoms with van der Waals surface area (Å²) in [5, 5.41) is 7.12. The van der Waals surface area contributed by atoms with Gasteiger partial charge in [-0.15, -0.1) is 0 Å². The molecule has 0 bridgehead atoms. The molecule has 4 rings (SSSR count). The lowest BCUT2D eigenvalue weighted by atomic mass is 10.2. The number of nitrogens with one attached hydrogen (secondary N) is 1. The molecule has 1 N–H and O–H groups in total. The van der Waals surface area contributed by atoms with Crippen LogP contribution in [-0.4, -0.2) is 64.3 Å². The second-order valence-corrected chi connectivity index (χ2v) is 10.1. The molecular formula is C22H30N6O4S. The highest BCUT2D eigenvalue weighted by molar-refractivity contribution is 7.89. The summed E-state index contributed by atoms with van der Waals surface area (Å²) < 4.78 is 36.5. The quantitative estimate of drug-likeness (QED) is 0.535. The Balaban J connectivity index is 1.55. The lowest BCUT2D eigenvalue weighted by Crippen LogP contribution is -2.40. The van der Waals surface area contributed by atoms with Crippen LogP contribution < -0.4 is 5.32 Å². The molecule has 0 radical (unpaired) electrons. The highest BCUT2D eigenvalue weighted by atomic mass is 32.2. The number of rotatable bonds is 8. The minimum Gasteiger partial charge on any atom is -0.379 e. The molecule has 1 aliphatic rings. The van der Waals surface area contributed by atoms with Crippen LogP contribution >= 0.6 is 0 Å². The summed E-state index contributed by atoms with van der Waals surface area (Å²) in [6.45, 7) is 6.18. The third kappa shape index (κ3) is 4.94. The number of hydrogen-bond donors (Lipinski definition) is 1. The van der Waals surface area contributed by atoms with E-state index < -0.39 is 10.0 Å². The minimum atomic E-state index is -3.60. The Morgan fingerprint density at radius 2 is 1.97 bits per heavy atom. The van der Waals surface area contributed by atoms with Crippen molar-refractivity contribution >= 4 is 32.8 Å². The van der Waals surface area contributed by atoms with Crippen LogP contribution in [0.15, 0.2) is 29.2 Å². The van der Waals surface area contributed by atoms with E-state index in [4.69, 9.17) is 9.72 Å². The van der Waals surface area contributed by atoms with E-state index >= 15 is 0 Å². The van der Waals surface area contributed by atoms with Crippen LogP contribution in [0.4, 0.5) is 5.82 Å². The first-order valence-corrected chi connectivity index (χ1v) is 12.6. The first kappa shape index (κ1) is 23.4. The third-order valence-electron chi connectivity index (χ3n) is 5.70. The molecule has 0 aliphatic carbocycles. The van der Waals surface area contributed by atoms with Crippen molar-refractivity contribution in [3.05, 3.63) is 35.8 Å².